The van der Waals surface area contributed by atoms with E-state index >= 15 is 0 Å². The summed E-state index contributed by atoms with van der Waals surface area (Å²) in [5, 5.41) is 9.29. The number of aromatic nitrogens is 4. The lowest BCUT2D eigenvalue weighted by atomic mass is 9.95. The highest BCUT2D eigenvalue weighted by atomic mass is 35.5. The van der Waals surface area contributed by atoms with Crippen molar-refractivity contribution in [2.45, 2.75) is 39.2 Å². The molecule has 5 rings (SSSR count). The first-order chi connectivity index (χ1) is 14.3. The quantitative estimate of drug-likeness (QED) is 0.436. The van der Waals surface area contributed by atoms with E-state index in [0.717, 1.165) is 45.6 Å². The number of halogens is 4. The number of pyridine rings is 1. The standard InChI is InChI=1S/C22H20F3N5.ClH/c1-12-9-28-21-18(12)16(7-8-26-21)19-17-10-27-13(2)11-30(17)29-20(19)14-3-5-15(6-4-14)22(23,24)25;/h3-9,13,27H,10-11H2,1-2H3,(H,26,28);1H/t13-;/m1./s1. The molecule has 2 N–H and O–H groups in total. The maximum Gasteiger partial charge on any atom is 0.416 e. The van der Waals surface area contributed by atoms with Crippen LogP contribution in [-0.4, -0.2) is 25.8 Å². The monoisotopic (exact) mass is 447 g/mol. The third kappa shape index (κ3) is 3.59. The molecule has 162 valence electrons. The van der Waals surface area contributed by atoms with Crippen LogP contribution < -0.4 is 5.32 Å². The van der Waals surface area contributed by atoms with Gasteiger partial charge in [-0.05, 0) is 43.2 Å². The maximum absolute atomic E-state index is 13.0. The summed E-state index contributed by atoms with van der Waals surface area (Å²) in [7, 11) is 0. The average Bonchev–Trinajstić information content (AvgIpc) is 3.28. The minimum absolute atomic E-state index is 0. The lowest BCUT2D eigenvalue weighted by Crippen LogP contribution is -2.36. The van der Waals surface area contributed by atoms with E-state index in [4.69, 9.17) is 5.10 Å². The van der Waals surface area contributed by atoms with Gasteiger partial charge in [0.1, 0.15) is 11.3 Å². The van der Waals surface area contributed by atoms with E-state index < -0.39 is 11.7 Å². The first-order valence-corrected chi connectivity index (χ1v) is 9.76. The fourth-order valence-electron chi connectivity index (χ4n) is 4.15. The fraction of sp³-hybridized carbons (Fsp3) is 0.273. The topological polar surface area (TPSA) is 58.5 Å². The molecule has 0 amide bonds. The van der Waals surface area contributed by atoms with Crippen LogP contribution in [0.4, 0.5) is 13.2 Å². The van der Waals surface area contributed by atoms with Gasteiger partial charge < -0.3 is 10.3 Å². The molecule has 31 heavy (non-hydrogen) atoms. The lowest BCUT2D eigenvalue weighted by Gasteiger charge is -2.22. The minimum Gasteiger partial charge on any atom is -0.346 e. The molecule has 0 fully saturated rings. The third-order valence-corrected chi connectivity index (χ3v) is 5.65. The molecule has 1 atom stereocenters. The summed E-state index contributed by atoms with van der Waals surface area (Å²) in [6.45, 7) is 5.43. The van der Waals surface area contributed by atoms with Crippen LogP contribution in [0.2, 0.25) is 0 Å². The second-order valence-corrected chi connectivity index (χ2v) is 7.76. The highest BCUT2D eigenvalue weighted by Gasteiger charge is 2.31. The molecule has 0 bridgehead atoms. The number of nitrogens with zero attached hydrogens (tertiary/aromatic N) is 3. The SMILES string of the molecule is Cc1c[nH]c2nccc(-c3c(-c4ccc(C(F)(F)F)cc4)nn4c3CN[C@H](C)C4)c12.Cl. The van der Waals surface area contributed by atoms with Gasteiger partial charge in [-0.2, -0.15) is 18.3 Å². The van der Waals surface area contributed by atoms with Crippen molar-refractivity contribution in [1.82, 2.24) is 25.1 Å². The predicted molar refractivity (Wildman–Crippen MR) is 116 cm³/mol. The molecule has 9 heteroatoms. The molecule has 0 aliphatic carbocycles. The average molecular weight is 448 g/mol. The Morgan fingerprint density at radius 3 is 2.58 bits per heavy atom. The van der Waals surface area contributed by atoms with Gasteiger partial charge in [-0.1, -0.05) is 12.1 Å². The van der Waals surface area contributed by atoms with Crippen LogP contribution in [0.3, 0.4) is 0 Å². The highest BCUT2D eigenvalue weighted by Crippen LogP contribution is 2.40. The Morgan fingerprint density at radius 2 is 1.87 bits per heavy atom. The Kier molecular flexibility index (Phi) is 5.31. The van der Waals surface area contributed by atoms with Gasteiger partial charge in [-0.15, -0.1) is 12.4 Å². The molecule has 3 aromatic heterocycles. The summed E-state index contributed by atoms with van der Waals surface area (Å²) in [6.07, 6.45) is -0.712. The molecule has 0 radical (unpaired) electrons. The van der Waals surface area contributed by atoms with E-state index in [0.29, 0.717) is 24.3 Å². The summed E-state index contributed by atoms with van der Waals surface area (Å²) in [6, 6.07) is 7.44. The van der Waals surface area contributed by atoms with E-state index in [1.807, 2.05) is 23.9 Å². The van der Waals surface area contributed by atoms with E-state index in [1.54, 1.807) is 6.20 Å². The third-order valence-electron chi connectivity index (χ3n) is 5.65. The summed E-state index contributed by atoms with van der Waals surface area (Å²) < 4.78 is 41.1. The molecule has 0 unspecified atom stereocenters. The van der Waals surface area contributed by atoms with E-state index in [-0.39, 0.29) is 18.4 Å². The number of nitrogens with one attached hydrogen (secondary N) is 2. The second-order valence-electron chi connectivity index (χ2n) is 7.76. The van der Waals surface area contributed by atoms with Gasteiger partial charge in [0.2, 0.25) is 0 Å². The molecule has 4 heterocycles. The molecular formula is C22H21ClF3N5. The zero-order chi connectivity index (χ0) is 21.0. The summed E-state index contributed by atoms with van der Waals surface area (Å²) in [5.74, 6) is 0. The van der Waals surface area contributed by atoms with Crippen molar-refractivity contribution in [3.05, 3.63) is 59.5 Å². The first-order valence-electron chi connectivity index (χ1n) is 9.76. The molecule has 1 aliphatic heterocycles. The molecule has 1 aliphatic rings. The number of hydrogen-bond acceptors (Lipinski definition) is 3. The summed E-state index contributed by atoms with van der Waals surface area (Å²) in [4.78, 5) is 7.60. The number of fused-ring (bicyclic) bond motifs is 2. The van der Waals surface area contributed by atoms with Crippen LogP contribution in [0.25, 0.3) is 33.4 Å². The van der Waals surface area contributed by atoms with Crippen molar-refractivity contribution >= 4 is 23.4 Å². The number of H-pyrrole nitrogens is 1. The first kappa shape index (κ1) is 21.4. The van der Waals surface area contributed by atoms with E-state index in [9.17, 15) is 13.2 Å². The normalized spacial score (nSPS) is 16.2. The number of hydrogen-bond donors (Lipinski definition) is 2. The van der Waals surface area contributed by atoms with Gasteiger partial charge in [-0.25, -0.2) is 4.98 Å². The number of benzene rings is 1. The highest BCUT2D eigenvalue weighted by molar-refractivity contribution is 5.99. The van der Waals surface area contributed by atoms with Crippen LogP contribution in [0.5, 0.6) is 0 Å². The number of aryl methyl sites for hydroxylation is 1. The zero-order valence-corrected chi connectivity index (χ0v) is 17.7. The van der Waals surface area contributed by atoms with Crippen LogP contribution in [-0.2, 0) is 19.3 Å². The smallest absolute Gasteiger partial charge is 0.346 e. The molecule has 0 saturated heterocycles. The molecule has 5 nitrogen and oxygen atoms in total. The van der Waals surface area contributed by atoms with Gasteiger partial charge >= 0.3 is 6.18 Å². The van der Waals surface area contributed by atoms with Gasteiger partial charge in [0.15, 0.2) is 0 Å². The van der Waals surface area contributed by atoms with Crippen molar-refractivity contribution in [2.24, 2.45) is 0 Å². The van der Waals surface area contributed by atoms with Crippen molar-refractivity contribution in [3.8, 4) is 22.4 Å². The Labute approximate surface area is 183 Å². The van der Waals surface area contributed by atoms with Gasteiger partial charge in [0, 0.05) is 41.5 Å². The van der Waals surface area contributed by atoms with Crippen molar-refractivity contribution < 1.29 is 13.2 Å². The second kappa shape index (κ2) is 7.69. The van der Waals surface area contributed by atoms with Gasteiger partial charge in [0.25, 0.3) is 0 Å². The fourth-order valence-corrected chi connectivity index (χ4v) is 4.15. The molecule has 0 spiro atoms. The number of alkyl halides is 3. The van der Waals surface area contributed by atoms with Crippen molar-refractivity contribution in [3.63, 3.8) is 0 Å². The summed E-state index contributed by atoms with van der Waals surface area (Å²) >= 11 is 0. The molecule has 0 saturated carbocycles. The molecule has 1 aromatic carbocycles. The van der Waals surface area contributed by atoms with Crippen molar-refractivity contribution in [1.29, 1.82) is 0 Å². The largest absolute Gasteiger partial charge is 0.416 e. The zero-order valence-electron chi connectivity index (χ0n) is 16.9. The van der Waals surface area contributed by atoms with Crippen LogP contribution in [0.1, 0.15) is 23.7 Å². The molecular weight excluding hydrogens is 427 g/mol. The van der Waals surface area contributed by atoms with E-state index in [2.05, 4.69) is 22.2 Å². The van der Waals surface area contributed by atoms with Crippen LogP contribution in [0.15, 0.2) is 42.7 Å². The Balaban J connectivity index is 0.00000231. The molecule has 4 aromatic rings. The van der Waals surface area contributed by atoms with Crippen molar-refractivity contribution in [2.75, 3.05) is 0 Å². The Bertz CT molecular complexity index is 1240. The predicted octanol–water partition coefficient (Wildman–Crippen LogP) is 5.33. The van der Waals surface area contributed by atoms with Gasteiger partial charge in [-0.3, -0.25) is 4.68 Å². The lowest BCUT2D eigenvalue weighted by molar-refractivity contribution is -0.137. The van der Waals surface area contributed by atoms with E-state index in [1.165, 1.54) is 12.1 Å². The number of aromatic amines is 1. The van der Waals surface area contributed by atoms with Crippen LogP contribution in [0, 0.1) is 6.92 Å². The number of rotatable bonds is 2. The van der Waals surface area contributed by atoms with Crippen LogP contribution >= 0.6 is 12.4 Å². The summed E-state index contributed by atoms with van der Waals surface area (Å²) in [5.41, 5.74) is 5.45. The maximum atomic E-state index is 13.0. The minimum atomic E-state index is -4.37. The van der Waals surface area contributed by atoms with Gasteiger partial charge in [0.05, 0.1) is 17.8 Å². The Hall–Kier alpha value is -2.84. The Morgan fingerprint density at radius 1 is 1.13 bits per heavy atom.